The van der Waals surface area contributed by atoms with Gasteiger partial charge in [0, 0.05) is 5.02 Å². The standard InChI is InChI=1S/C16H15ClN2O3S/c17-9-3-4-10-11(6-9)23-16(18-10)19-14(20)12-7-1-2-8(5-7)13(12)15(21)22/h3-4,6-8,12-13H,1-2,5H2,(H,21,22)(H,18,19,20)/t7-,8-,12+,13+/m0/s1. The van der Waals surface area contributed by atoms with Crippen LogP contribution in [0, 0.1) is 23.7 Å². The number of anilines is 1. The van der Waals surface area contributed by atoms with Crippen molar-refractivity contribution in [1.29, 1.82) is 0 Å². The lowest BCUT2D eigenvalue weighted by Crippen LogP contribution is -2.37. The molecule has 0 spiro atoms. The zero-order valence-corrected chi connectivity index (χ0v) is 13.7. The Labute approximate surface area is 141 Å². The van der Waals surface area contributed by atoms with Crippen molar-refractivity contribution in [3.8, 4) is 0 Å². The number of hydrogen-bond acceptors (Lipinski definition) is 4. The number of carbonyl (C=O) groups excluding carboxylic acids is 1. The number of carboxylic acid groups (broad SMARTS) is 1. The molecule has 2 aliphatic carbocycles. The first kappa shape index (κ1) is 14.9. The van der Waals surface area contributed by atoms with Crippen molar-refractivity contribution in [2.45, 2.75) is 19.3 Å². The normalized spacial score (nSPS) is 29.1. The maximum Gasteiger partial charge on any atom is 0.307 e. The Morgan fingerprint density at radius 2 is 2.00 bits per heavy atom. The summed E-state index contributed by atoms with van der Waals surface area (Å²) in [4.78, 5) is 28.5. The molecular formula is C16H15ClN2O3S. The van der Waals surface area contributed by atoms with Crippen LogP contribution in [0.25, 0.3) is 10.2 Å². The number of carbonyl (C=O) groups is 2. The van der Waals surface area contributed by atoms with E-state index in [1.807, 2.05) is 6.07 Å². The molecule has 0 saturated heterocycles. The number of carboxylic acids is 1. The molecule has 1 amide bonds. The monoisotopic (exact) mass is 350 g/mol. The van der Waals surface area contributed by atoms with E-state index in [1.165, 1.54) is 11.3 Å². The molecule has 4 atom stereocenters. The van der Waals surface area contributed by atoms with Crippen LogP contribution >= 0.6 is 22.9 Å². The Morgan fingerprint density at radius 3 is 2.74 bits per heavy atom. The molecule has 0 unspecified atom stereocenters. The minimum atomic E-state index is -0.853. The summed E-state index contributed by atoms with van der Waals surface area (Å²) in [6, 6.07) is 5.37. The van der Waals surface area contributed by atoms with E-state index in [9.17, 15) is 14.7 Å². The smallest absolute Gasteiger partial charge is 0.307 e. The van der Waals surface area contributed by atoms with Gasteiger partial charge in [-0.25, -0.2) is 4.98 Å². The Kier molecular flexibility index (Phi) is 3.54. The second kappa shape index (κ2) is 5.46. The third kappa shape index (κ3) is 2.50. The number of nitrogens with one attached hydrogen (secondary N) is 1. The van der Waals surface area contributed by atoms with Crippen LogP contribution < -0.4 is 5.32 Å². The van der Waals surface area contributed by atoms with Crippen LogP contribution in [0.15, 0.2) is 18.2 Å². The molecule has 5 nitrogen and oxygen atoms in total. The van der Waals surface area contributed by atoms with Crippen molar-refractivity contribution in [3.63, 3.8) is 0 Å². The van der Waals surface area contributed by atoms with E-state index >= 15 is 0 Å². The average molecular weight is 351 g/mol. The van der Waals surface area contributed by atoms with Gasteiger partial charge in [-0.15, -0.1) is 0 Å². The molecule has 1 heterocycles. The van der Waals surface area contributed by atoms with Crippen molar-refractivity contribution in [2.75, 3.05) is 5.32 Å². The summed E-state index contributed by atoms with van der Waals surface area (Å²) in [5.74, 6) is -1.74. The molecule has 1 aromatic heterocycles. The van der Waals surface area contributed by atoms with E-state index in [0.29, 0.717) is 10.2 Å². The summed E-state index contributed by atoms with van der Waals surface area (Å²) < 4.78 is 0.899. The quantitative estimate of drug-likeness (QED) is 0.885. The SMILES string of the molecule is O=C(O)[C@@H]1[C@H]2CC[C@@H](C2)[C@H]1C(=O)Nc1nc2ccc(Cl)cc2s1. The van der Waals surface area contributed by atoms with Gasteiger partial charge < -0.3 is 10.4 Å². The Balaban J connectivity index is 1.57. The molecule has 2 N–H and O–H groups in total. The first-order valence-electron chi connectivity index (χ1n) is 7.62. The molecule has 1 aromatic carbocycles. The van der Waals surface area contributed by atoms with Gasteiger partial charge in [0.2, 0.25) is 5.91 Å². The van der Waals surface area contributed by atoms with Gasteiger partial charge >= 0.3 is 5.97 Å². The Hall–Kier alpha value is -1.66. The summed E-state index contributed by atoms with van der Waals surface area (Å²) in [5, 5.41) is 13.4. The van der Waals surface area contributed by atoms with Gasteiger partial charge in [-0.2, -0.15) is 0 Å². The number of aromatic nitrogens is 1. The molecule has 120 valence electrons. The maximum absolute atomic E-state index is 12.6. The lowest BCUT2D eigenvalue weighted by Gasteiger charge is -2.26. The van der Waals surface area contributed by atoms with Crippen molar-refractivity contribution < 1.29 is 14.7 Å². The van der Waals surface area contributed by atoms with Crippen LogP contribution in [0.5, 0.6) is 0 Å². The number of hydrogen-bond donors (Lipinski definition) is 2. The van der Waals surface area contributed by atoms with E-state index in [2.05, 4.69) is 10.3 Å². The fourth-order valence-corrected chi connectivity index (χ4v) is 5.31. The van der Waals surface area contributed by atoms with Crippen molar-refractivity contribution >= 4 is 50.2 Å². The van der Waals surface area contributed by atoms with E-state index in [4.69, 9.17) is 11.6 Å². The van der Waals surface area contributed by atoms with Crippen LogP contribution in [-0.2, 0) is 9.59 Å². The van der Waals surface area contributed by atoms with Gasteiger partial charge in [-0.3, -0.25) is 9.59 Å². The highest BCUT2D eigenvalue weighted by Gasteiger charge is 2.54. The Morgan fingerprint density at radius 1 is 1.26 bits per heavy atom. The highest BCUT2D eigenvalue weighted by atomic mass is 35.5. The van der Waals surface area contributed by atoms with Gasteiger partial charge in [0.1, 0.15) is 0 Å². The third-order valence-electron chi connectivity index (χ3n) is 5.08. The summed E-state index contributed by atoms with van der Waals surface area (Å²) >= 11 is 7.31. The molecule has 23 heavy (non-hydrogen) atoms. The molecule has 2 aromatic rings. The van der Waals surface area contributed by atoms with Crippen LogP contribution in [0.2, 0.25) is 5.02 Å². The van der Waals surface area contributed by atoms with Crippen LogP contribution in [0.4, 0.5) is 5.13 Å². The second-order valence-corrected chi connectivity index (χ2v) is 7.81. The van der Waals surface area contributed by atoms with Gasteiger partial charge in [0.15, 0.2) is 5.13 Å². The number of amides is 1. The number of fused-ring (bicyclic) bond motifs is 3. The van der Waals surface area contributed by atoms with Gasteiger partial charge in [-0.1, -0.05) is 22.9 Å². The molecule has 0 aliphatic heterocycles. The molecule has 2 saturated carbocycles. The van der Waals surface area contributed by atoms with Gasteiger partial charge in [0.25, 0.3) is 0 Å². The number of halogens is 1. The predicted octanol–water partition coefficient (Wildman–Crippen LogP) is 3.64. The summed E-state index contributed by atoms with van der Waals surface area (Å²) in [6.45, 7) is 0. The average Bonchev–Trinajstić information content (AvgIpc) is 3.18. The zero-order chi connectivity index (χ0) is 16.1. The van der Waals surface area contributed by atoms with Gasteiger partial charge in [0.05, 0.1) is 22.1 Å². The zero-order valence-electron chi connectivity index (χ0n) is 12.2. The number of thiazole rings is 1. The first-order chi connectivity index (χ1) is 11.0. The number of benzene rings is 1. The van der Waals surface area contributed by atoms with E-state index in [-0.39, 0.29) is 17.7 Å². The van der Waals surface area contributed by atoms with Crippen LogP contribution in [0.1, 0.15) is 19.3 Å². The lowest BCUT2D eigenvalue weighted by atomic mass is 9.79. The van der Waals surface area contributed by atoms with Crippen molar-refractivity contribution in [2.24, 2.45) is 23.7 Å². The van der Waals surface area contributed by atoms with Crippen molar-refractivity contribution in [3.05, 3.63) is 23.2 Å². The largest absolute Gasteiger partial charge is 0.481 e. The molecule has 2 bridgehead atoms. The molecule has 0 radical (unpaired) electrons. The first-order valence-corrected chi connectivity index (χ1v) is 8.82. The fourth-order valence-electron chi connectivity index (χ4n) is 4.16. The molecule has 4 rings (SSSR count). The maximum atomic E-state index is 12.6. The number of nitrogens with zero attached hydrogens (tertiary/aromatic N) is 1. The van der Waals surface area contributed by atoms with Crippen LogP contribution in [-0.4, -0.2) is 22.0 Å². The predicted molar refractivity (Wildman–Crippen MR) is 88.7 cm³/mol. The van der Waals surface area contributed by atoms with Gasteiger partial charge in [-0.05, 0) is 49.3 Å². The molecule has 2 fully saturated rings. The van der Waals surface area contributed by atoms with Crippen LogP contribution in [0.3, 0.4) is 0 Å². The highest BCUT2D eigenvalue weighted by Crippen LogP contribution is 2.52. The minimum Gasteiger partial charge on any atom is -0.481 e. The lowest BCUT2D eigenvalue weighted by molar-refractivity contribution is -0.148. The second-order valence-electron chi connectivity index (χ2n) is 6.34. The number of aliphatic carboxylic acids is 1. The summed E-state index contributed by atoms with van der Waals surface area (Å²) in [7, 11) is 0. The number of rotatable bonds is 3. The summed E-state index contributed by atoms with van der Waals surface area (Å²) in [6.07, 6.45) is 2.72. The minimum absolute atomic E-state index is 0.141. The van der Waals surface area contributed by atoms with E-state index in [1.54, 1.807) is 12.1 Å². The topological polar surface area (TPSA) is 79.3 Å². The van der Waals surface area contributed by atoms with Crippen molar-refractivity contribution in [1.82, 2.24) is 4.98 Å². The highest BCUT2D eigenvalue weighted by molar-refractivity contribution is 7.22. The molecule has 7 heteroatoms. The van der Waals surface area contributed by atoms with E-state index in [0.717, 1.165) is 29.5 Å². The Bertz CT molecular complexity index is 806. The molecule has 2 aliphatic rings. The summed E-state index contributed by atoms with van der Waals surface area (Å²) in [5.41, 5.74) is 0.775. The fraction of sp³-hybridized carbons (Fsp3) is 0.438. The third-order valence-corrected chi connectivity index (χ3v) is 6.25. The molecular weight excluding hydrogens is 336 g/mol. The van der Waals surface area contributed by atoms with E-state index < -0.39 is 17.8 Å².